The summed E-state index contributed by atoms with van der Waals surface area (Å²) >= 11 is 7.90. The van der Waals surface area contributed by atoms with Crippen LogP contribution in [0, 0.1) is 13.8 Å². The Morgan fingerprint density at radius 3 is 2.43 bits per heavy atom. The van der Waals surface area contributed by atoms with Crippen LogP contribution < -0.4 is 9.47 Å². The average Bonchev–Trinajstić information content (AvgIpc) is 2.66. The van der Waals surface area contributed by atoms with E-state index in [9.17, 15) is 5.11 Å². The van der Waals surface area contributed by atoms with Crippen molar-refractivity contribution in [2.45, 2.75) is 26.4 Å². The van der Waals surface area contributed by atoms with Gasteiger partial charge in [0.05, 0.1) is 18.2 Å². The van der Waals surface area contributed by atoms with Crippen LogP contribution in [0.2, 0.25) is 5.02 Å². The number of benzene rings is 1. The van der Waals surface area contributed by atoms with E-state index in [1.54, 1.807) is 23.5 Å². The average molecular weight is 325 g/mol. The van der Waals surface area contributed by atoms with Crippen molar-refractivity contribution in [3.63, 3.8) is 0 Å². The highest BCUT2D eigenvalue weighted by Gasteiger charge is 2.21. The minimum Gasteiger partial charge on any atom is -0.490 e. The molecule has 0 saturated carbocycles. The van der Waals surface area contributed by atoms with E-state index in [1.165, 1.54) is 10.4 Å². The number of halogens is 1. The number of aliphatic hydroxyl groups excluding tert-OH is 1. The highest BCUT2D eigenvalue weighted by Crippen LogP contribution is 2.40. The van der Waals surface area contributed by atoms with Gasteiger partial charge in [0.15, 0.2) is 11.5 Å². The van der Waals surface area contributed by atoms with Crippen molar-refractivity contribution in [3.8, 4) is 11.5 Å². The molecule has 0 saturated heterocycles. The van der Waals surface area contributed by atoms with Crippen LogP contribution in [0.1, 0.15) is 33.4 Å². The zero-order valence-corrected chi connectivity index (χ0v) is 13.6. The first-order valence-electron chi connectivity index (χ1n) is 6.90. The van der Waals surface area contributed by atoms with Gasteiger partial charge in [0, 0.05) is 27.8 Å². The maximum absolute atomic E-state index is 10.6. The molecule has 21 heavy (non-hydrogen) atoms. The first kappa shape index (κ1) is 14.7. The molecule has 112 valence electrons. The third kappa shape index (κ3) is 2.89. The van der Waals surface area contributed by atoms with Gasteiger partial charge in [-0.1, -0.05) is 11.6 Å². The van der Waals surface area contributed by atoms with E-state index in [0.29, 0.717) is 35.3 Å². The van der Waals surface area contributed by atoms with E-state index in [4.69, 9.17) is 21.1 Å². The molecule has 0 fully saturated rings. The molecule has 3 nitrogen and oxygen atoms in total. The lowest BCUT2D eigenvalue weighted by Crippen LogP contribution is -2.00. The number of fused-ring (bicyclic) bond motifs is 1. The minimum atomic E-state index is -0.743. The second-order valence-electron chi connectivity index (χ2n) is 5.16. The number of hydrogen-bond acceptors (Lipinski definition) is 4. The largest absolute Gasteiger partial charge is 0.490 e. The Morgan fingerprint density at radius 2 is 1.81 bits per heavy atom. The van der Waals surface area contributed by atoms with E-state index >= 15 is 0 Å². The van der Waals surface area contributed by atoms with Gasteiger partial charge in [-0.05, 0) is 31.5 Å². The Bertz CT molecular complexity index is 646. The van der Waals surface area contributed by atoms with Crippen molar-refractivity contribution in [1.82, 2.24) is 0 Å². The van der Waals surface area contributed by atoms with Crippen LogP contribution in [0.4, 0.5) is 0 Å². The smallest absolute Gasteiger partial charge is 0.162 e. The topological polar surface area (TPSA) is 38.7 Å². The molecule has 0 spiro atoms. The number of hydrogen-bond donors (Lipinski definition) is 1. The van der Waals surface area contributed by atoms with E-state index in [2.05, 4.69) is 0 Å². The highest BCUT2D eigenvalue weighted by atomic mass is 35.5. The molecule has 1 aliphatic heterocycles. The van der Waals surface area contributed by atoms with Gasteiger partial charge in [0.2, 0.25) is 0 Å². The van der Waals surface area contributed by atoms with Crippen molar-refractivity contribution in [2.24, 2.45) is 0 Å². The van der Waals surface area contributed by atoms with Gasteiger partial charge in [-0.3, -0.25) is 0 Å². The Morgan fingerprint density at radius 1 is 1.14 bits per heavy atom. The molecular weight excluding hydrogens is 308 g/mol. The molecule has 3 rings (SSSR count). The first-order valence-corrected chi connectivity index (χ1v) is 8.09. The van der Waals surface area contributed by atoms with E-state index in [0.717, 1.165) is 11.3 Å². The van der Waals surface area contributed by atoms with Crippen LogP contribution in [0.15, 0.2) is 18.2 Å². The number of ether oxygens (including phenoxy) is 2. The number of aliphatic hydroxyl groups is 1. The van der Waals surface area contributed by atoms with Gasteiger partial charge in [-0.2, -0.15) is 0 Å². The summed E-state index contributed by atoms with van der Waals surface area (Å²) in [5, 5.41) is 11.1. The summed E-state index contributed by atoms with van der Waals surface area (Å²) in [6.45, 7) is 5.32. The van der Waals surface area contributed by atoms with Crippen molar-refractivity contribution in [2.75, 3.05) is 13.2 Å². The number of thiophene rings is 1. The number of rotatable bonds is 2. The van der Waals surface area contributed by atoms with Gasteiger partial charge >= 0.3 is 0 Å². The Kier molecular flexibility index (Phi) is 4.11. The SMILES string of the molecule is Cc1cc(C(O)c2cc3c(cc2Cl)OCCCO3)sc1C. The standard InChI is InChI=1S/C16H17ClO3S/c1-9-6-15(21-10(9)2)16(18)11-7-13-14(8-12(11)17)20-5-3-4-19-13/h6-8,16,18H,3-5H2,1-2H3. The van der Waals surface area contributed by atoms with Crippen LogP contribution in [-0.2, 0) is 0 Å². The van der Waals surface area contributed by atoms with Crippen molar-refractivity contribution >= 4 is 22.9 Å². The Balaban J connectivity index is 1.99. The van der Waals surface area contributed by atoms with Crippen LogP contribution in [0.25, 0.3) is 0 Å². The predicted octanol–water partition coefficient (Wildman–Crippen LogP) is 4.26. The summed E-state index contributed by atoms with van der Waals surface area (Å²) in [6, 6.07) is 5.52. The summed E-state index contributed by atoms with van der Waals surface area (Å²) in [5.74, 6) is 1.29. The van der Waals surface area contributed by atoms with Crippen LogP contribution in [-0.4, -0.2) is 18.3 Å². The molecule has 0 amide bonds. The fraction of sp³-hybridized carbons (Fsp3) is 0.375. The highest BCUT2D eigenvalue weighted by molar-refractivity contribution is 7.12. The third-order valence-corrected chi connectivity index (χ3v) is 5.15. The van der Waals surface area contributed by atoms with Crippen LogP contribution in [0.5, 0.6) is 11.5 Å². The minimum absolute atomic E-state index is 0.496. The molecule has 0 bridgehead atoms. The fourth-order valence-electron chi connectivity index (χ4n) is 2.30. The normalized spacial score (nSPS) is 15.6. The van der Waals surface area contributed by atoms with Gasteiger partial charge in [0.25, 0.3) is 0 Å². The quantitative estimate of drug-likeness (QED) is 0.897. The maximum Gasteiger partial charge on any atom is 0.162 e. The predicted molar refractivity (Wildman–Crippen MR) is 84.9 cm³/mol. The summed E-state index contributed by atoms with van der Waals surface area (Å²) in [4.78, 5) is 2.09. The summed E-state index contributed by atoms with van der Waals surface area (Å²) in [6.07, 6.45) is 0.0973. The summed E-state index contributed by atoms with van der Waals surface area (Å²) in [7, 11) is 0. The molecule has 0 aliphatic carbocycles. The fourth-order valence-corrected chi connectivity index (χ4v) is 3.60. The maximum atomic E-state index is 10.6. The second kappa shape index (κ2) is 5.87. The Labute approximate surface area is 133 Å². The Hall–Kier alpha value is -1.23. The molecule has 5 heteroatoms. The first-order chi connectivity index (χ1) is 10.1. The molecule has 0 radical (unpaired) electrons. The lowest BCUT2D eigenvalue weighted by Gasteiger charge is -2.15. The zero-order chi connectivity index (χ0) is 15.0. The van der Waals surface area contributed by atoms with Crippen molar-refractivity contribution in [3.05, 3.63) is 44.1 Å². The van der Waals surface area contributed by atoms with E-state index in [1.807, 2.05) is 19.9 Å². The molecule has 1 N–H and O–H groups in total. The lowest BCUT2D eigenvalue weighted by molar-refractivity contribution is 0.223. The van der Waals surface area contributed by atoms with Crippen LogP contribution in [0.3, 0.4) is 0 Å². The molecule has 1 aliphatic rings. The van der Waals surface area contributed by atoms with Crippen molar-refractivity contribution in [1.29, 1.82) is 0 Å². The van der Waals surface area contributed by atoms with Gasteiger partial charge in [-0.25, -0.2) is 0 Å². The van der Waals surface area contributed by atoms with Crippen LogP contribution >= 0.6 is 22.9 Å². The molecule has 1 aromatic carbocycles. The molecule has 1 unspecified atom stereocenters. The molecule has 2 aromatic rings. The monoisotopic (exact) mass is 324 g/mol. The van der Waals surface area contributed by atoms with E-state index < -0.39 is 6.10 Å². The molecule has 1 atom stereocenters. The van der Waals surface area contributed by atoms with Gasteiger partial charge in [0.1, 0.15) is 6.10 Å². The molecular formula is C16H17ClO3S. The molecule has 2 heterocycles. The summed E-state index contributed by atoms with van der Waals surface area (Å²) in [5.41, 5.74) is 1.83. The van der Waals surface area contributed by atoms with E-state index in [-0.39, 0.29) is 0 Å². The van der Waals surface area contributed by atoms with Crippen molar-refractivity contribution < 1.29 is 14.6 Å². The molecule has 1 aromatic heterocycles. The summed E-state index contributed by atoms with van der Waals surface area (Å²) < 4.78 is 11.3. The second-order valence-corrected chi connectivity index (χ2v) is 6.86. The third-order valence-electron chi connectivity index (χ3n) is 3.62. The van der Waals surface area contributed by atoms with Gasteiger partial charge in [-0.15, -0.1) is 11.3 Å². The van der Waals surface area contributed by atoms with Gasteiger partial charge < -0.3 is 14.6 Å². The zero-order valence-electron chi connectivity index (χ0n) is 12.0. The number of aryl methyl sites for hydroxylation is 2. The lowest BCUT2D eigenvalue weighted by atomic mass is 10.1.